The van der Waals surface area contributed by atoms with E-state index in [1.807, 2.05) is 13.0 Å². The van der Waals surface area contributed by atoms with Crippen molar-refractivity contribution in [3.63, 3.8) is 0 Å². The fraction of sp³-hybridized carbons (Fsp3) is 0.103. The Kier molecular flexibility index (Phi) is 6.91. The Labute approximate surface area is 210 Å². The molecule has 6 nitrogen and oxygen atoms in total. The van der Waals surface area contributed by atoms with Crippen molar-refractivity contribution in [3.8, 4) is 34.1 Å². The van der Waals surface area contributed by atoms with Gasteiger partial charge in [0, 0.05) is 11.1 Å². The van der Waals surface area contributed by atoms with Crippen molar-refractivity contribution in [1.29, 1.82) is 5.26 Å². The third kappa shape index (κ3) is 4.35. The van der Waals surface area contributed by atoms with Gasteiger partial charge in [0.1, 0.15) is 22.9 Å². The summed E-state index contributed by atoms with van der Waals surface area (Å²) in [7, 11) is -4.30. The van der Waals surface area contributed by atoms with Gasteiger partial charge in [-0.2, -0.15) is 5.26 Å². The maximum Gasteiger partial charge on any atom is 0.342 e. The molecule has 4 rings (SSSR count). The second kappa shape index (κ2) is 10.1. The van der Waals surface area contributed by atoms with Crippen LogP contribution in [0.3, 0.4) is 0 Å². The monoisotopic (exact) mass is 497 g/mol. The molecule has 0 heterocycles. The van der Waals surface area contributed by atoms with Crippen molar-refractivity contribution < 1.29 is 23.1 Å². The highest BCUT2D eigenvalue weighted by Gasteiger charge is 2.36. The van der Waals surface area contributed by atoms with Crippen LogP contribution in [0, 0.1) is 18.3 Å². The fourth-order valence-corrected chi connectivity index (χ4v) is 5.82. The van der Waals surface area contributed by atoms with E-state index in [0.717, 1.165) is 5.56 Å². The second-order valence-electron chi connectivity index (χ2n) is 8.06. The normalized spacial score (nSPS) is 11.0. The van der Waals surface area contributed by atoms with E-state index in [1.54, 1.807) is 79.7 Å². The molecule has 4 aromatic carbocycles. The van der Waals surface area contributed by atoms with Gasteiger partial charge in [-0.15, -0.1) is 0 Å². The fourth-order valence-electron chi connectivity index (χ4n) is 4.09. The molecule has 0 radical (unpaired) electrons. The molecule has 0 saturated carbocycles. The van der Waals surface area contributed by atoms with Crippen LogP contribution in [-0.2, 0) is 14.6 Å². The van der Waals surface area contributed by atoms with Gasteiger partial charge in [-0.3, -0.25) is 0 Å². The van der Waals surface area contributed by atoms with Gasteiger partial charge in [-0.05, 0) is 37.1 Å². The quantitative estimate of drug-likeness (QED) is 0.332. The van der Waals surface area contributed by atoms with E-state index < -0.39 is 21.6 Å². The highest BCUT2D eigenvalue weighted by atomic mass is 32.2. The van der Waals surface area contributed by atoms with Gasteiger partial charge in [-0.1, -0.05) is 78.4 Å². The molecule has 0 aromatic heterocycles. The van der Waals surface area contributed by atoms with Gasteiger partial charge >= 0.3 is 5.97 Å². The van der Waals surface area contributed by atoms with Gasteiger partial charge in [0.05, 0.1) is 16.4 Å². The molecule has 0 aliphatic heterocycles. The van der Waals surface area contributed by atoms with Crippen LogP contribution >= 0.6 is 0 Å². The van der Waals surface area contributed by atoms with E-state index >= 15 is 0 Å². The summed E-state index contributed by atoms with van der Waals surface area (Å²) in [6.07, 6.45) is 0. The second-order valence-corrected chi connectivity index (χ2v) is 9.95. The number of nitrogens with zero attached hydrogens (tertiary/aromatic N) is 1. The van der Waals surface area contributed by atoms with Crippen LogP contribution in [-0.4, -0.2) is 26.1 Å². The van der Waals surface area contributed by atoms with Gasteiger partial charge in [0.25, 0.3) is 0 Å². The summed E-state index contributed by atoms with van der Waals surface area (Å²) in [4.78, 5) is 12.9. The number of esters is 1. The summed E-state index contributed by atoms with van der Waals surface area (Å²) in [6.45, 7) is 3.48. The van der Waals surface area contributed by atoms with E-state index in [-0.39, 0.29) is 38.7 Å². The molecule has 180 valence electrons. The molecule has 0 spiro atoms. The summed E-state index contributed by atoms with van der Waals surface area (Å²) in [5.41, 5.74) is 1.02. The number of carbonyl (C=O) groups excluding carboxylic acids is 1. The lowest BCUT2D eigenvalue weighted by Gasteiger charge is -2.22. The van der Waals surface area contributed by atoms with Crippen LogP contribution in [0.15, 0.2) is 94.7 Å². The Bertz CT molecular complexity index is 1570. The Hall–Kier alpha value is -4.41. The zero-order chi connectivity index (χ0) is 25.9. The molecule has 0 atom stereocenters. The predicted molar refractivity (Wildman–Crippen MR) is 136 cm³/mol. The molecule has 0 aliphatic rings. The number of benzene rings is 4. The largest absolute Gasteiger partial charge is 0.506 e. The topological polar surface area (TPSA) is 104 Å². The molecule has 1 N–H and O–H groups in total. The van der Waals surface area contributed by atoms with Gasteiger partial charge in [0.2, 0.25) is 9.84 Å². The number of aryl methyl sites for hydroxylation is 1. The number of phenolic OH excluding ortho intramolecular Hbond substituents is 1. The van der Waals surface area contributed by atoms with E-state index in [9.17, 15) is 23.6 Å². The van der Waals surface area contributed by atoms with Gasteiger partial charge in [-0.25, -0.2) is 13.2 Å². The molecule has 0 fully saturated rings. The smallest absolute Gasteiger partial charge is 0.342 e. The minimum absolute atomic E-state index is 0.00509. The van der Waals surface area contributed by atoms with Crippen molar-refractivity contribution >= 4 is 15.8 Å². The van der Waals surface area contributed by atoms with Crippen LogP contribution in [0.5, 0.6) is 5.75 Å². The number of hydrogen-bond acceptors (Lipinski definition) is 6. The maximum absolute atomic E-state index is 14.3. The van der Waals surface area contributed by atoms with Gasteiger partial charge in [0.15, 0.2) is 0 Å². The molecule has 0 saturated heterocycles. The molecule has 0 aliphatic carbocycles. The highest BCUT2D eigenvalue weighted by Crippen LogP contribution is 2.47. The zero-order valence-corrected chi connectivity index (χ0v) is 20.5. The summed E-state index contributed by atoms with van der Waals surface area (Å²) in [6, 6.07) is 25.1. The average molecular weight is 498 g/mol. The number of carbonyl (C=O) groups is 1. The van der Waals surface area contributed by atoms with Crippen LogP contribution < -0.4 is 0 Å². The highest BCUT2D eigenvalue weighted by molar-refractivity contribution is 7.91. The molecule has 0 unspecified atom stereocenters. The van der Waals surface area contributed by atoms with E-state index in [1.165, 1.54) is 12.1 Å². The summed E-state index contributed by atoms with van der Waals surface area (Å²) >= 11 is 0. The van der Waals surface area contributed by atoms with Gasteiger partial charge < -0.3 is 9.84 Å². The Balaban J connectivity index is 2.30. The van der Waals surface area contributed by atoms with Crippen molar-refractivity contribution in [3.05, 3.63) is 102 Å². The van der Waals surface area contributed by atoms with Crippen LogP contribution in [0.1, 0.15) is 28.4 Å². The average Bonchev–Trinajstić information content (AvgIpc) is 2.89. The van der Waals surface area contributed by atoms with Crippen molar-refractivity contribution in [2.24, 2.45) is 0 Å². The lowest BCUT2D eigenvalue weighted by Crippen LogP contribution is -2.14. The maximum atomic E-state index is 14.3. The summed E-state index contributed by atoms with van der Waals surface area (Å²) < 4.78 is 33.7. The molecule has 4 aromatic rings. The van der Waals surface area contributed by atoms with E-state index in [4.69, 9.17) is 4.74 Å². The summed E-state index contributed by atoms with van der Waals surface area (Å²) in [5, 5.41) is 21.4. The molecule has 0 amide bonds. The Morgan fingerprint density at radius 2 is 1.44 bits per heavy atom. The first-order valence-electron chi connectivity index (χ1n) is 11.2. The molecule has 36 heavy (non-hydrogen) atoms. The van der Waals surface area contributed by atoms with Crippen molar-refractivity contribution in [2.45, 2.75) is 23.6 Å². The first kappa shape index (κ1) is 24.7. The van der Waals surface area contributed by atoms with E-state index in [0.29, 0.717) is 11.1 Å². The summed E-state index contributed by atoms with van der Waals surface area (Å²) in [5.74, 6) is -1.55. The minimum atomic E-state index is -4.30. The molecule has 7 heteroatoms. The minimum Gasteiger partial charge on any atom is -0.506 e. The SMILES string of the molecule is CCOC(=O)c1c(O)c(C#N)c(-c2ccc(C)cc2)c(S(=O)(=O)c2ccccc2)c1-c1ccccc1. The predicted octanol–water partition coefficient (Wildman–Crippen LogP) is 5.92. The Morgan fingerprint density at radius 1 is 0.889 bits per heavy atom. The lowest BCUT2D eigenvalue weighted by molar-refractivity contribution is 0.0523. The first-order chi connectivity index (χ1) is 17.3. The Morgan fingerprint density at radius 3 is 2.00 bits per heavy atom. The number of hydrogen-bond donors (Lipinski definition) is 1. The number of phenols is 1. The third-order valence-corrected chi connectivity index (χ3v) is 7.58. The van der Waals surface area contributed by atoms with Crippen LogP contribution in [0.4, 0.5) is 0 Å². The standard InChI is InChI=1S/C29H23NO5S/c1-3-35-29(32)26-25(20-10-6-4-7-11-20)28(36(33,34)22-12-8-5-9-13-22)24(23(18-30)27(26)31)21-16-14-19(2)15-17-21/h4-17,31H,3H2,1-2H3. The number of nitriles is 1. The van der Waals surface area contributed by atoms with Crippen molar-refractivity contribution in [1.82, 2.24) is 0 Å². The third-order valence-electron chi connectivity index (χ3n) is 5.74. The lowest BCUT2D eigenvalue weighted by atomic mass is 9.89. The molecular weight excluding hydrogens is 474 g/mol. The molecule has 0 bridgehead atoms. The first-order valence-corrected chi connectivity index (χ1v) is 12.7. The molecular formula is C29H23NO5S. The number of ether oxygens (including phenoxy) is 1. The zero-order valence-electron chi connectivity index (χ0n) is 19.7. The van der Waals surface area contributed by atoms with E-state index in [2.05, 4.69) is 0 Å². The number of rotatable bonds is 6. The van der Waals surface area contributed by atoms with Crippen LogP contribution in [0.2, 0.25) is 0 Å². The van der Waals surface area contributed by atoms with Crippen LogP contribution in [0.25, 0.3) is 22.3 Å². The number of aromatic hydroxyl groups is 1. The number of sulfone groups is 1. The van der Waals surface area contributed by atoms with Crippen molar-refractivity contribution in [2.75, 3.05) is 6.61 Å².